The molecule has 1 amide bonds. The maximum atomic E-state index is 13.4. The highest BCUT2D eigenvalue weighted by Gasteiger charge is 2.33. The van der Waals surface area contributed by atoms with Gasteiger partial charge in [-0.2, -0.15) is 5.10 Å². The lowest BCUT2D eigenvalue weighted by Gasteiger charge is -2.33. The highest BCUT2D eigenvalue weighted by Crippen LogP contribution is 2.36. The van der Waals surface area contributed by atoms with Crippen LogP contribution in [0.3, 0.4) is 0 Å². The fourth-order valence-electron chi connectivity index (χ4n) is 4.62. The van der Waals surface area contributed by atoms with Crippen molar-refractivity contribution in [2.75, 3.05) is 13.2 Å². The Balaban J connectivity index is 1.52. The van der Waals surface area contributed by atoms with Crippen LogP contribution < -0.4 is 4.74 Å². The van der Waals surface area contributed by atoms with Crippen molar-refractivity contribution in [1.82, 2.24) is 14.7 Å². The first-order valence-corrected chi connectivity index (χ1v) is 11.9. The molecule has 0 bridgehead atoms. The summed E-state index contributed by atoms with van der Waals surface area (Å²) < 4.78 is 14.0. The average Bonchev–Trinajstić information content (AvgIpc) is 3.42. The third kappa shape index (κ3) is 4.81. The van der Waals surface area contributed by atoms with Crippen molar-refractivity contribution in [3.8, 4) is 22.9 Å². The van der Waals surface area contributed by atoms with Gasteiger partial charge in [0.15, 0.2) is 0 Å². The fraction of sp³-hybridized carbons (Fsp3) is 0.407. The van der Waals surface area contributed by atoms with Gasteiger partial charge < -0.3 is 14.4 Å². The Labute approximate surface area is 195 Å². The summed E-state index contributed by atoms with van der Waals surface area (Å²) in [6.45, 7) is 1.85. The number of aryl methyl sites for hydroxylation is 1. The molecular formula is C27H31N3O3. The summed E-state index contributed by atoms with van der Waals surface area (Å²) >= 11 is 0. The molecule has 2 aromatic carbocycles. The first-order chi connectivity index (χ1) is 16.2. The molecule has 6 nitrogen and oxygen atoms in total. The van der Waals surface area contributed by atoms with E-state index < -0.39 is 0 Å². The van der Waals surface area contributed by atoms with Gasteiger partial charge >= 0.3 is 0 Å². The van der Waals surface area contributed by atoms with Crippen molar-refractivity contribution in [2.45, 2.75) is 44.8 Å². The van der Waals surface area contributed by atoms with Crippen molar-refractivity contribution < 1.29 is 14.3 Å². The Kier molecular flexibility index (Phi) is 6.44. The zero-order valence-corrected chi connectivity index (χ0v) is 19.2. The van der Waals surface area contributed by atoms with Gasteiger partial charge in [-0.1, -0.05) is 55.0 Å². The van der Waals surface area contributed by atoms with E-state index in [4.69, 9.17) is 14.6 Å². The maximum Gasteiger partial charge on any atom is 0.226 e. The smallest absolute Gasteiger partial charge is 0.226 e. The zero-order chi connectivity index (χ0) is 22.6. The number of rotatable bonds is 8. The van der Waals surface area contributed by atoms with Gasteiger partial charge in [0, 0.05) is 31.7 Å². The van der Waals surface area contributed by atoms with E-state index in [0.29, 0.717) is 19.0 Å². The van der Waals surface area contributed by atoms with Crippen LogP contribution >= 0.6 is 0 Å². The van der Waals surface area contributed by atoms with E-state index in [0.717, 1.165) is 61.3 Å². The van der Waals surface area contributed by atoms with Gasteiger partial charge in [-0.05, 0) is 37.8 Å². The van der Waals surface area contributed by atoms with Crippen LogP contribution in [0.4, 0.5) is 0 Å². The number of benzene rings is 2. The lowest BCUT2D eigenvalue weighted by Crippen LogP contribution is -2.42. The Hall–Kier alpha value is -3.12. The Morgan fingerprint density at radius 3 is 2.42 bits per heavy atom. The molecular weight excluding hydrogens is 414 g/mol. The SMILES string of the molecule is Cn1nc(-c2ccccc2)c(CN(C[C@H]2CCCO2)C(=O)C2CCC2)c1Oc1ccccc1. The largest absolute Gasteiger partial charge is 0.439 e. The Bertz CT molecular complexity index is 1070. The third-order valence-electron chi connectivity index (χ3n) is 6.66. The summed E-state index contributed by atoms with van der Waals surface area (Å²) in [5.41, 5.74) is 2.79. The van der Waals surface area contributed by atoms with Crippen LogP contribution in [0.15, 0.2) is 60.7 Å². The maximum absolute atomic E-state index is 13.4. The summed E-state index contributed by atoms with van der Waals surface area (Å²) in [6.07, 6.45) is 5.25. The molecule has 2 heterocycles. The van der Waals surface area contributed by atoms with E-state index >= 15 is 0 Å². The van der Waals surface area contributed by atoms with Crippen molar-refractivity contribution >= 4 is 5.91 Å². The van der Waals surface area contributed by atoms with Gasteiger partial charge in [0.25, 0.3) is 0 Å². The first-order valence-electron chi connectivity index (χ1n) is 11.9. The number of ether oxygens (including phenoxy) is 2. The molecule has 5 rings (SSSR count). The molecule has 1 atom stereocenters. The molecule has 1 aliphatic carbocycles. The highest BCUT2D eigenvalue weighted by molar-refractivity contribution is 5.80. The van der Waals surface area contributed by atoms with Crippen LogP contribution in [-0.4, -0.2) is 39.8 Å². The predicted molar refractivity (Wildman–Crippen MR) is 127 cm³/mol. The molecule has 2 fully saturated rings. The molecule has 1 aromatic heterocycles. The molecule has 1 saturated carbocycles. The summed E-state index contributed by atoms with van der Waals surface area (Å²) in [5.74, 6) is 1.77. The van der Waals surface area contributed by atoms with Crippen LogP contribution in [-0.2, 0) is 23.1 Å². The van der Waals surface area contributed by atoms with E-state index in [1.807, 2.05) is 60.5 Å². The molecule has 2 aliphatic rings. The fourth-order valence-corrected chi connectivity index (χ4v) is 4.62. The number of hydrogen-bond donors (Lipinski definition) is 0. The normalized spacial score (nSPS) is 18.2. The number of carbonyl (C=O) groups is 1. The molecule has 0 N–H and O–H groups in total. The molecule has 172 valence electrons. The van der Waals surface area contributed by atoms with Crippen LogP contribution in [0, 0.1) is 5.92 Å². The Morgan fingerprint density at radius 1 is 1.06 bits per heavy atom. The van der Waals surface area contributed by atoms with Gasteiger partial charge in [-0.25, -0.2) is 4.68 Å². The van der Waals surface area contributed by atoms with Crippen molar-refractivity contribution in [3.05, 3.63) is 66.2 Å². The van der Waals surface area contributed by atoms with Gasteiger partial charge in [0.1, 0.15) is 11.4 Å². The molecule has 3 aromatic rings. The third-order valence-corrected chi connectivity index (χ3v) is 6.66. The number of hydrogen-bond acceptors (Lipinski definition) is 4. The Morgan fingerprint density at radius 2 is 1.79 bits per heavy atom. The summed E-state index contributed by atoms with van der Waals surface area (Å²) in [7, 11) is 1.90. The van der Waals surface area contributed by atoms with Crippen molar-refractivity contribution in [3.63, 3.8) is 0 Å². The number of para-hydroxylation sites is 1. The minimum atomic E-state index is 0.101. The topological polar surface area (TPSA) is 56.6 Å². The van der Waals surface area contributed by atoms with E-state index in [1.165, 1.54) is 0 Å². The minimum absolute atomic E-state index is 0.101. The molecule has 0 unspecified atom stereocenters. The second-order valence-corrected chi connectivity index (χ2v) is 9.02. The van der Waals surface area contributed by atoms with Gasteiger partial charge in [0.2, 0.25) is 11.8 Å². The van der Waals surface area contributed by atoms with Gasteiger partial charge in [-0.3, -0.25) is 4.79 Å². The van der Waals surface area contributed by atoms with E-state index in [-0.39, 0.29) is 17.9 Å². The van der Waals surface area contributed by atoms with Crippen LogP contribution in [0.5, 0.6) is 11.6 Å². The molecule has 6 heteroatoms. The standard InChI is InChI=1S/C27H31N3O3/c1-29-27(33-22-14-6-3-7-15-22)24(25(28-29)20-10-4-2-5-11-20)19-30(18-23-16-9-17-32-23)26(31)21-12-8-13-21/h2-7,10-11,14-15,21,23H,8-9,12-13,16-19H2,1H3/t23-/m1/s1. The lowest BCUT2D eigenvalue weighted by atomic mass is 9.84. The van der Waals surface area contributed by atoms with E-state index in [1.54, 1.807) is 4.68 Å². The second-order valence-electron chi connectivity index (χ2n) is 9.02. The molecule has 33 heavy (non-hydrogen) atoms. The quantitative estimate of drug-likeness (QED) is 0.479. The summed E-state index contributed by atoms with van der Waals surface area (Å²) in [4.78, 5) is 15.4. The monoisotopic (exact) mass is 445 g/mol. The average molecular weight is 446 g/mol. The van der Waals surface area contributed by atoms with E-state index in [9.17, 15) is 4.79 Å². The van der Waals surface area contributed by atoms with Crippen molar-refractivity contribution in [1.29, 1.82) is 0 Å². The summed E-state index contributed by atoms with van der Waals surface area (Å²) in [6, 6.07) is 19.9. The number of aromatic nitrogens is 2. The van der Waals surface area contributed by atoms with Gasteiger partial charge in [-0.15, -0.1) is 0 Å². The summed E-state index contributed by atoms with van der Waals surface area (Å²) in [5, 5.41) is 4.82. The zero-order valence-electron chi connectivity index (χ0n) is 19.2. The highest BCUT2D eigenvalue weighted by atomic mass is 16.5. The molecule has 1 saturated heterocycles. The predicted octanol–water partition coefficient (Wildman–Crippen LogP) is 5.19. The minimum Gasteiger partial charge on any atom is -0.439 e. The molecule has 1 aliphatic heterocycles. The van der Waals surface area contributed by atoms with Crippen LogP contribution in [0.2, 0.25) is 0 Å². The van der Waals surface area contributed by atoms with E-state index in [2.05, 4.69) is 12.1 Å². The van der Waals surface area contributed by atoms with Crippen molar-refractivity contribution in [2.24, 2.45) is 13.0 Å². The van der Waals surface area contributed by atoms with Gasteiger partial charge in [0.05, 0.1) is 18.2 Å². The van der Waals surface area contributed by atoms with Crippen LogP contribution in [0.1, 0.15) is 37.7 Å². The lowest BCUT2D eigenvalue weighted by molar-refractivity contribution is -0.140. The molecule has 0 spiro atoms. The molecule has 0 radical (unpaired) electrons. The number of amides is 1. The number of nitrogens with zero attached hydrogens (tertiary/aromatic N) is 3. The van der Waals surface area contributed by atoms with Crippen LogP contribution in [0.25, 0.3) is 11.3 Å². The second kappa shape index (κ2) is 9.79. The first kappa shape index (κ1) is 21.7. The number of carbonyl (C=O) groups excluding carboxylic acids is 1.